The van der Waals surface area contributed by atoms with Crippen molar-refractivity contribution in [1.82, 2.24) is 5.43 Å². The van der Waals surface area contributed by atoms with E-state index in [2.05, 4.69) is 5.43 Å². The second-order valence-corrected chi connectivity index (χ2v) is 3.72. The largest absolute Gasteiger partial charge is 0.480 e. The number of anilines is 1. The van der Waals surface area contributed by atoms with Crippen molar-refractivity contribution in [3.05, 3.63) is 29.8 Å². The van der Waals surface area contributed by atoms with Crippen LogP contribution in [0.2, 0.25) is 0 Å². The lowest BCUT2D eigenvalue weighted by Gasteiger charge is -2.22. The third-order valence-corrected chi connectivity index (χ3v) is 2.52. The molecule has 0 aliphatic carbocycles. The Bertz CT molecular complexity index is 445. The van der Waals surface area contributed by atoms with Gasteiger partial charge in [0.1, 0.15) is 6.04 Å². The Kier molecular flexibility index (Phi) is 2.62. The molecule has 0 amide bonds. The summed E-state index contributed by atoms with van der Waals surface area (Å²) in [7, 11) is 0. The van der Waals surface area contributed by atoms with Gasteiger partial charge in [-0.3, -0.25) is 14.6 Å². The number of rotatable bonds is 3. The highest BCUT2D eigenvalue weighted by molar-refractivity contribution is 6.08. The van der Waals surface area contributed by atoms with Crippen molar-refractivity contribution in [2.75, 3.05) is 11.6 Å². The van der Waals surface area contributed by atoms with Crippen molar-refractivity contribution >= 4 is 17.4 Å². The van der Waals surface area contributed by atoms with E-state index in [9.17, 15) is 9.59 Å². The fourth-order valence-corrected chi connectivity index (χ4v) is 1.66. The summed E-state index contributed by atoms with van der Waals surface area (Å²) in [6.07, 6.45) is 0. The van der Waals surface area contributed by atoms with Crippen LogP contribution in [0.1, 0.15) is 17.3 Å². The maximum Gasteiger partial charge on any atom is 0.322 e. The van der Waals surface area contributed by atoms with Gasteiger partial charge < -0.3 is 5.11 Å². The fourth-order valence-electron chi connectivity index (χ4n) is 1.66. The highest BCUT2D eigenvalue weighted by atomic mass is 16.4. The molecule has 5 nitrogen and oxygen atoms in total. The number of aliphatic carboxylic acids is 1. The van der Waals surface area contributed by atoms with Gasteiger partial charge in [0.15, 0.2) is 5.78 Å². The number of Topliss-reactive ketones (excluding diaryl/α,β-unsaturated/α-hetero) is 1. The van der Waals surface area contributed by atoms with Crippen molar-refractivity contribution in [2.24, 2.45) is 0 Å². The Morgan fingerprint density at radius 3 is 2.88 bits per heavy atom. The summed E-state index contributed by atoms with van der Waals surface area (Å²) >= 11 is 0. The molecule has 0 spiro atoms. The minimum absolute atomic E-state index is 0.000638. The molecule has 2 N–H and O–H groups in total. The molecule has 0 unspecified atom stereocenters. The summed E-state index contributed by atoms with van der Waals surface area (Å²) in [6, 6.07) is 6.42. The van der Waals surface area contributed by atoms with Gasteiger partial charge in [-0.2, -0.15) is 0 Å². The van der Waals surface area contributed by atoms with E-state index in [-0.39, 0.29) is 12.3 Å². The van der Waals surface area contributed by atoms with Crippen LogP contribution in [-0.2, 0) is 4.79 Å². The standard InChI is InChI=1S/C11H12N2O3/c1-7(11(15)16)12-13-6-10(14)8-4-2-3-5-9(8)13/h2-5,7,12H,6H2,1H3,(H,15,16)/t7-/m0/s1. The molecule has 2 rings (SSSR count). The molecule has 1 aliphatic heterocycles. The molecule has 16 heavy (non-hydrogen) atoms. The highest BCUT2D eigenvalue weighted by Gasteiger charge is 2.27. The Morgan fingerprint density at radius 2 is 2.19 bits per heavy atom. The van der Waals surface area contributed by atoms with Gasteiger partial charge in [0, 0.05) is 5.56 Å². The molecule has 5 heteroatoms. The summed E-state index contributed by atoms with van der Waals surface area (Å²) in [5.41, 5.74) is 4.15. The average Bonchev–Trinajstić information content (AvgIpc) is 2.57. The number of nitrogens with one attached hydrogen (secondary N) is 1. The van der Waals surface area contributed by atoms with E-state index < -0.39 is 12.0 Å². The summed E-state index contributed by atoms with van der Waals surface area (Å²) in [6.45, 7) is 1.71. The maximum atomic E-state index is 11.6. The molecule has 1 heterocycles. The molecule has 0 bridgehead atoms. The van der Waals surface area contributed by atoms with Crippen LogP contribution in [0.4, 0.5) is 5.69 Å². The van der Waals surface area contributed by atoms with E-state index in [1.807, 2.05) is 6.07 Å². The summed E-state index contributed by atoms with van der Waals surface area (Å²) in [4.78, 5) is 22.3. The first-order valence-electron chi connectivity index (χ1n) is 4.98. The molecular weight excluding hydrogens is 208 g/mol. The van der Waals surface area contributed by atoms with E-state index in [1.165, 1.54) is 6.92 Å². The van der Waals surface area contributed by atoms with Crippen LogP contribution in [0.15, 0.2) is 24.3 Å². The second-order valence-electron chi connectivity index (χ2n) is 3.72. The molecule has 84 valence electrons. The van der Waals surface area contributed by atoms with Crippen molar-refractivity contribution in [2.45, 2.75) is 13.0 Å². The number of nitrogens with zero attached hydrogens (tertiary/aromatic N) is 1. The first-order chi connectivity index (χ1) is 7.59. The van der Waals surface area contributed by atoms with Crippen LogP contribution in [0, 0.1) is 0 Å². The van der Waals surface area contributed by atoms with Gasteiger partial charge in [-0.25, -0.2) is 5.43 Å². The number of fused-ring (bicyclic) bond motifs is 1. The van der Waals surface area contributed by atoms with Gasteiger partial charge in [-0.05, 0) is 19.1 Å². The highest BCUT2D eigenvalue weighted by Crippen LogP contribution is 2.25. The average molecular weight is 220 g/mol. The van der Waals surface area contributed by atoms with E-state index in [4.69, 9.17) is 5.11 Å². The predicted octanol–water partition coefficient (Wildman–Crippen LogP) is 0.667. The molecule has 1 aromatic rings. The summed E-state index contributed by atoms with van der Waals surface area (Å²) < 4.78 is 0. The Morgan fingerprint density at radius 1 is 1.50 bits per heavy atom. The van der Waals surface area contributed by atoms with Crippen molar-refractivity contribution in [1.29, 1.82) is 0 Å². The summed E-state index contributed by atoms with van der Waals surface area (Å²) in [5.74, 6) is -0.947. The van der Waals surface area contributed by atoms with Crippen molar-refractivity contribution in [3.8, 4) is 0 Å². The molecule has 1 aromatic carbocycles. The Hall–Kier alpha value is -1.88. The minimum Gasteiger partial charge on any atom is -0.480 e. The summed E-state index contributed by atoms with van der Waals surface area (Å²) in [5, 5.41) is 10.4. The van der Waals surface area contributed by atoms with Gasteiger partial charge in [-0.1, -0.05) is 12.1 Å². The molecule has 0 saturated carbocycles. The number of hydrogen-bond donors (Lipinski definition) is 2. The van der Waals surface area contributed by atoms with Crippen LogP contribution in [-0.4, -0.2) is 29.4 Å². The first kappa shape index (κ1) is 10.6. The topological polar surface area (TPSA) is 69.6 Å². The molecule has 0 saturated heterocycles. The van der Waals surface area contributed by atoms with Crippen LogP contribution in [0.25, 0.3) is 0 Å². The molecule has 0 aromatic heterocycles. The Labute approximate surface area is 92.6 Å². The number of para-hydroxylation sites is 1. The normalized spacial score (nSPS) is 16.1. The zero-order valence-electron chi connectivity index (χ0n) is 8.80. The van der Waals surface area contributed by atoms with E-state index in [1.54, 1.807) is 23.2 Å². The minimum atomic E-state index is -0.947. The molecule has 1 atom stereocenters. The predicted molar refractivity (Wildman–Crippen MR) is 58.4 cm³/mol. The van der Waals surface area contributed by atoms with Crippen LogP contribution >= 0.6 is 0 Å². The third kappa shape index (κ3) is 1.77. The van der Waals surface area contributed by atoms with Gasteiger partial charge in [0.25, 0.3) is 0 Å². The quantitative estimate of drug-likeness (QED) is 0.783. The van der Waals surface area contributed by atoms with Crippen molar-refractivity contribution in [3.63, 3.8) is 0 Å². The number of carboxylic acid groups (broad SMARTS) is 1. The van der Waals surface area contributed by atoms with Gasteiger partial charge in [-0.15, -0.1) is 0 Å². The number of hydrogen-bond acceptors (Lipinski definition) is 4. The van der Waals surface area contributed by atoms with E-state index >= 15 is 0 Å². The number of benzene rings is 1. The lowest BCUT2D eigenvalue weighted by atomic mass is 10.1. The van der Waals surface area contributed by atoms with Gasteiger partial charge in [0.05, 0.1) is 12.2 Å². The molecule has 0 radical (unpaired) electrons. The lowest BCUT2D eigenvalue weighted by Crippen LogP contribution is -2.46. The monoisotopic (exact) mass is 220 g/mol. The van der Waals surface area contributed by atoms with Crippen LogP contribution < -0.4 is 10.4 Å². The molecule has 0 fully saturated rings. The van der Waals surface area contributed by atoms with Gasteiger partial charge >= 0.3 is 5.97 Å². The number of carbonyl (C=O) groups excluding carboxylic acids is 1. The number of carbonyl (C=O) groups is 2. The van der Waals surface area contributed by atoms with Gasteiger partial charge in [0.2, 0.25) is 0 Å². The lowest BCUT2D eigenvalue weighted by molar-refractivity contribution is -0.139. The fraction of sp³-hybridized carbons (Fsp3) is 0.273. The maximum absolute atomic E-state index is 11.6. The smallest absolute Gasteiger partial charge is 0.322 e. The second kappa shape index (κ2) is 3.94. The zero-order valence-corrected chi connectivity index (χ0v) is 8.80. The van der Waals surface area contributed by atoms with Crippen molar-refractivity contribution < 1.29 is 14.7 Å². The number of hydrazine groups is 1. The molecule has 1 aliphatic rings. The van der Waals surface area contributed by atoms with E-state index in [0.717, 1.165) is 5.69 Å². The van der Waals surface area contributed by atoms with E-state index in [0.29, 0.717) is 5.56 Å². The van der Waals surface area contributed by atoms with Crippen LogP contribution in [0.3, 0.4) is 0 Å². The SMILES string of the molecule is C[C@H](NN1CC(=O)c2ccccc21)C(=O)O. The number of carboxylic acids is 1. The first-order valence-corrected chi connectivity index (χ1v) is 4.98. The third-order valence-electron chi connectivity index (χ3n) is 2.52. The Balaban J connectivity index is 2.21. The number of ketones is 1. The molecular formula is C11H12N2O3. The zero-order chi connectivity index (χ0) is 11.7. The van der Waals surface area contributed by atoms with Crippen LogP contribution in [0.5, 0.6) is 0 Å².